The summed E-state index contributed by atoms with van der Waals surface area (Å²) < 4.78 is 37.6. The molecule has 0 atom stereocenters. The van der Waals surface area contributed by atoms with Crippen molar-refractivity contribution in [1.29, 1.82) is 0 Å². The predicted molar refractivity (Wildman–Crippen MR) is 70.9 cm³/mol. The minimum absolute atomic E-state index is 0.333. The number of rotatable bonds is 2. The van der Waals surface area contributed by atoms with Gasteiger partial charge in [-0.1, -0.05) is 6.07 Å². The molecule has 7 heteroatoms. The lowest BCUT2D eigenvalue weighted by atomic mass is 10.1. The number of benzene rings is 1. The molecule has 0 saturated heterocycles. The minimum Gasteiger partial charge on any atom is -0.290 e. The quantitative estimate of drug-likeness (QED) is 0.924. The minimum atomic E-state index is -4.58. The zero-order chi connectivity index (χ0) is 15.6. The lowest BCUT2D eigenvalue weighted by Crippen LogP contribution is -2.17. The SMILES string of the molecule is Cc1ccc(C(=O)Nc2nccc(C(F)(F)F)n2)cc1C. The molecule has 21 heavy (non-hydrogen) atoms. The molecule has 0 spiro atoms. The third-order valence-corrected chi connectivity index (χ3v) is 2.94. The summed E-state index contributed by atoms with van der Waals surface area (Å²) in [4.78, 5) is 18.9. The van der Waals surface area contributed by atoms with Crippen LogP contribution in [0.4, 0.5) is 19.1 Å². The fourth-order valence-electron chi connectivity index (χ4n) is 1.63. The van der Waals surface area contributed by atoms with Crippen molar-refractivity contribution >= 4 is 11.9 Å². The van der Waals surface area contributed by atoms with Gasteiger partial charge in [0.25, 0.3) is 5.91 Å². The Labute approximate surface area is 119 Å². The fraction of sp³-hybridized carbons (Fsp3) is 0.214. The van der Waals surface area contributed by atoms with Crippen molar-refractivity contribution in [2.24, 2.45) is 0 Å². The van der Waals surface area contributed by atoms with E-state index in [2.05, 4.69) is 15.3 Å². The van der Waals surface area contributed by atoms with Gasteiger partial charge in [-0.15, -0.1) is 0 Å². The standard InChI is InChI=1S/C14H12F3N3O/c1-8-3-4-10(7-9(8)2)12(21)20-13-18-6-5-11(19-13)14(15,16)17/h3-7H,1-2H3,(H,18,19,20,21). The molecule has 0 fully saturated rings. The molecule has 1 aromatic heterocycles. The molecular weight excluding hydrogens is 283 g/mol. The van der Waals surface area contributed by atoms with E-state index < -0.39 is 17.8 Å². The number of amides is 1. The molecule has 1 heterocycles. The summed E-state index contributed by atoms with van der Waals surface area (Å²) in [6, 6.07) is 5.74. The van der Waals surface area contributed by atoms with E-state index in [0.29, 0.717) is 5.56 Å². The highest BCUT2D eigenvalue weighted by atomic mass is 19.4. The highest BCUT2D eigenvalue weighted by Crippen LogP contribution is 2.27. The van der Waals surface area contributed by atoms with E-state index in [1.165, 1.54) is 0 Å². The lowest BCUT2D eigenvalue weighted by Gasteiger charge is -2.08. The van der Waals surface area contributed by atoms with Gasteiger partial charge in [-0.25, -0.2) is 9.97 Å². The van der Waals surface area contributed by atoms with Crippen LogP contribution in [-0.2, 0) is 6.18 Å². The Morgan fingerprint density at radius 3 is 2.48 bits per heavy atom. The van der Waals surface area contributed by atoms with Crippen LogP contribution in [0.25, 0.3) is 0 Å². The second-order valence-electron chi connectivity index (χ2n) is 4.52. The maximum Gasteiger partial charge on any atom is 0.433 e. The second-order valence-corrected chi connectivity index (χ2v) is 4.52. The predicted octanol–water partition coefficient (Wildman–Crippen LogP) is 3.36. The normalized spacial score (nSPS) is 11.3. The lowest BCUT2D eigenvalue weighted by molar-refractivity contribution is -0.141. The summed E-state index contributed by atoms with van der Waals surface area (Å²) >= 11 is 0. The topological polar surface area (TPSA) is 54.9 Å². The van der Waals surface area contributed by atoms with Crippen molar-refractivity contribution in [3.8, 4) is 0 Å². The summed E-state index contributed by atoms with van der Waals surface area (Å²) in [6.07, 6.45) is -3.63. The Morgan fingerprint density at radius 2 is 1.86 bits per heavy atom. The maximum atomic E-state index is 12.5. The number of hydrogen-bond acceptors (Lipinski definition) is 3. The number of carbonyl (C=O) groups is 1. The van der Waals surface area contributed by atoms with Crippen LogP contribution in [0.5, 0.6) is 0 Å². The summed E-state index contributed by atoms with van der Waals surface area (Å²) in [5.74, 6) is -0.939. The smallest absolute Gasteiger partial charge is 0.290 e. The van der Waals surface area contributed by atoms with Crippen LogP contribution >= 0.6 is 0 Å². The number of halogens is 3. The molecule has 0 aliphatic rings. The second kappa shape index (κ2) is 5.51. The molecule has 2 aromatic rings. The number of aryl methyl sites for hydroxylation is 2. The third kappa shape index (κ3) is 3.56. The number of nitrogens with zero attached hydrogens (tertiary/aromatic N) is 2. The van der Waals surface area contributed by atoms with Gasteiger partial charge in [0.05, 0.1) is 0 Å². The number of alkyl halides is 3. The first-order chi connectivity index (χ1) is 9.77. The zero-order valence-corrected chi connectivity index (χ0v) is 11.3. The third-order valence-electron chi connectivity index (χ3n) is 2.94. The average Bonchev–Trinajstić information content (AvgIpc) is 2.41. The van der Waals surface area contributed by atoms with Crippen molar-refractivity contribution < 1.29 is 18.0 Å². The molecule has 0 unspecified atom stereocenters. The van der Waals surface area contributed by atoms with Crippen molar-refractivity contribution in [2.45, 2.75) is 20.0 Å². The van der Waals surface area contributed by atoms with Crippen LogP contribution in [-0.4, -0.2) is 15.9 Å². The van der Waals surface area contributed by atoms with Crippen LogP contribution in [0, 0.1) is 13.8 Å². The van der Waals surface area contributed by atoms with E-state index in [0.717, 1.165) is 23.4 Å². The Morgan fingerprint density at radius 1 is 1.14 bits per heavy atom. The maximum absolute atomic E-state index is 12.5. The average molecular weight is 295 g/mol. The highest BCUT2D eigenvalue weighted by molar-refractivity contribution is 6.03. The molecule has 0 radical (unpaired) electrons. The number of carbonyl (C=O) groups excluding carboxylic acids is 1. The molecule has 0 aliphatic heterocycles. The van der Waals surface area contributed by atoms with E-state index in [9.17, 15) is 18.0 Å². The van der Waals surface area contributed by atoms with Gasteiger partial charge in [-0.05, 0) is 43.2 Å². The first-order valence-corrected chi connectivity index (χ1v) is 6.06. The Hall–Kier alpha value is -2.44. The Bertz CT molecular complexity index is 683. The van der Waals surface area contributed by atoms with Crippen LogP contribution in [0.3, 0.4) is 0 Å². The molecule has 1 amide bonds. The Kier molecular flexibility index (Phi) is 3.93. The number of hydrogen-bond donors (Lipinski definition) is 1. The van der Waals surface area contributed by atoms with Crippen LogP contribution in [0.1, 0.15) is 27.2 Å². The van der Waals surface area contributed by atoms with Gasteiger partial charge in [0.2, 0.25) is 5.95 Å². The van der Waals surface area contributed by atoms with Crippen molar-refractivity contribution in [3.63, 3.8) is 0 Å². The van der Waals surface area contributed by atoms with Crippen LogP contribution < -0.4 is 5.32 Å². The summed E-state index contributed by atoms with van der Waals surface area (Å²) in [5.41, 5.74) is 1.15. The van der Waals surface area contributed by atoms with Gasteiger partial charge in [0.15, 0.2) is 0 Å². The van der Waals surface area contributed by atoms with Gasteiger partial charge >= 0.3 is 6.18 Å². The van der Waals surface area contributed by atoms with Crippen LogP contribution in [0.15, 0.2) is 30.5 Å². The Balaban J connectivity index is 2.21. The van der Waals surface area contributed by atoms with Gasteiger partial charge in [-0.2, -0.15) is 13.2 Å². The van der Waals surface area contributed by atoms with E-state index in [1.807, 2.05) is 13.8 Å². The molecule has 0 saturated carbocycles. The van der Waals surface area contributed by atoms with Crippen molar-refractivity contribution in [3.05, 3.63) is 52.8 Å². The largest absolute Gasteiger partial charge is 0.433 e. The van der Waals surface area contributed by atoms with Crippen molar-refractivity contribution in [1.82, 2.24) is 9.97 Å². The first kappa shape index (κ1) is 15.0. The van der Waals surface area contributed by atoms with Gasteiger partial charge in [0, 0.05) is 11.8 Å². The van der Waals surface area contributed by atoms with Crippen LogP contribution in [0.2, 0.25) is 0 Å². The first-order valence-electron chi connectivity index (χ1n) is 6.06. The van der Waals surface area contributed by atoms with E-state index in [4.69, 9.17) is 0 Å². The summed E-state index contributed by atoms with van der Waals surface area (Å²) in [5, 5.41) is 2.26. The molecule has 0 aliphatic carbocycles. The number of anilines is 1. The summed E-state index contributed by atoms with van der Waals surface area (Å²) in [6.45, 7) is 3.74. The zero-order valence-electron chi connectivity index (χ0n) is 11.3. The monoisotopic (exact) mass is 295 g/mol. The van der Waals surface area contributed by atoms with Gasteiger partial charge in [-0.3, -0.25) is 10.1 Å². The van der Waals surface area contributed by atoms with Crippen molar-refractivity contribution in [2.75, 3.05) is 5.32 Å². The highest BCUT2D eigenvalue weighted by Gasteiger charge is 2.32. The van der Waals surface area contributed by atoms with E-state index in [1.54, 1.807) is 18.2 Å². The molecule has 0 bridgehead atoms. The van der Waals surface area contributed by atoms with Gasteiger partial charge in [0.1, 0.15) is 5.69 Å². The molecule has 1 aromatic carbocycles. The number of nitrogens with one attached hydrogen (secondary N) is 1. The summed E-state index contributed by atoms with van der Waals surface area (Å²) in [7, 11) is 0. The molecule has 2 rings (SSSR count). The molecular formula is C14H12F3N3O. The molecule has 110 valence electrons. The number of aromatic nitrogens is 2. The van der Waals surface area contributed by atoms with E-state index in [-0.39, 0.29) is 5.95 Å². The fourth-order valence-corrected chi connectivity index (χ4v) is 1.63. The molecule has 1 N–H and O–H groups in total. The van der Waals surface area contributed by atoms with Gasteiger partial charge < -0.3 is 0 Å². The molecule has 4 nitrogen and oxygen atoms in total. The van der Waals surface area contributed by atoms with E-state index >= 15 is 0 Å².